The van der Waals surface area contributed by atoms with E-state index in [4.69, 9.17) is 0 Å². The first-order chi connectivity index (χ1) is 11.8. The normalized spacial score (nSPS) is 21.5. The van der Waals surface area contributed by atoms with Crippen molar-refractivity contribution >= 4 is 35.2 Å². The van der Waals surface area contributed by atoms with Gasteiger partial charge in [0.05, 0.1) is 5.25 Å². The number of carboxylic acids is 1. The predicted molar refractivity (Wildman–Crippen MR) is 97.6 cm³/mol. The number of nitrogens with zero attached hydrogens (tertiary/aromatic N) is 1. The Morgan fingerprint density at radius 2 is 1.92 bits per heavy atom. The predicted octanol–water partition coefficient (Wildman–Crippen LogP) is 2.84. The number of carbonyl (C=O) groups excluding carboxylic acids is 2. The zero-order valence-electron chi connectivity index (χ0n) is 14.7. The van der Waals surface area contributed by atoms with Crippen molar-refractivity contribution in [3.05, 3.63) is 24.3 Å². The monoisotopic (exact) mass is 364 g/mol. The minimum Gasteiger partial charge on any atom is -0.480 e. The second-order valence-corrected chi connectivity index (χ2v) is 7.90. The van der Waals surface area contributed by atoms with Crippen molar-refractivity contribution in [3.8, 4) is 0 Å². The van der Waals surface area contributed by atoms with E-state index < -0.39 is 12.0 Å². The molecule has 2 amide bonds. The number of carboxylic acid groups (broad SMARTS) is 1. The number of hydrogen-bond donors (Lipinski definition) is 2. The summed E-state index contributed by atoms with van der Waals surface area (Å²) in [4.78, 5) is 37.6. The smallest absolute Gasteiger partial charge is 0.326 e. The molecule has 0 radical (unpaired) electrons. The highest BCUT2D eigenvalue weighted by molar-refractivity contribution is 8.00. The number of likely N-dealkylation sites (tertiary alicyclic amines) is 1. The van der Waals surface area contributed by atoms with Crippen LogP contribution in [-0.4, -0.2) is 45.6 Å². The Labute approximate surface area is 152 Å². The SMILES string of the molecule is CC(=O)Nc1ccc(SC(C)C(=O)N2CCC(C)CC2C(=O)O)cc1. The first-order valence-corrected chi connectivity index (χ1v) is 9.23. The molecule has 0 aliphatic carbocycles. The lowest BCUT2D eigenvalue weighted by Gasteiger charge is -2.37. The molecule has 7 heteroatoms. The van der Waals surface area contributed by atoms with Crippen molar-refractivity contribution in [3.63, 3.8) is 0 Å². The first kappa shape index (κ1) is 19.3. The van der Waals surface area contributed by atoms with E-state index in [1.807, 2.05) is 19.1 Å². The molecule has 2 rings (SSSR count). The fourth-order valence-electron chi connectivity index (χ4n) is 2.95. The fourth-order valence-corrected chi connectivity index (χ4v) is 3.89. The molecule has 1 aromatic rings. The standard InChI is InChI=1S/C18H24N2O4S/c1-11-8-9-20(16(10-11)18(23)24)17(22)12(2)25-15-6-4-14(5-7-15)19-13(3)21/h4-7,11-12,16H,8-10H2,1-3H3,(H,19,21)(H,23,24). The number of rotatable bonds is 5. The van der Waals surface area contributed by atoms with Crippen LogP contribution in [0.25, 0.3) is 0 Å². The number of carbonyl (C=O) groups is 3. The van der Waals surface area contributed by atoms with Crippen molar-refractivity contribution in [2.75, 3.05) is 11.9 Å². The first-order valence-electron chi connectivity index (χ1n) is 8.35. The summed E-state index contributed by atoms with van der Waals surface area (Å²) in [6.45, 7) is 5.75. The average Bonchev–Trinajstić information content (AvgIpc) is 2.55. The largest absolute Gasteiger partial charge is 0.480 e. The number of benzene rings is 1. The molecule has 0 spiro atoms. The van der Waals surface area contributed by atoms with E-state index in [1.165, 1.54) is 23.6 Å². The number of anilines is 1. The van der Waals surface area contributed by atoms with E-state index >= 15 is 0 Å². The number of nitrogens with one attached hydrogen (secondary N) is 1. The van der Waals surface area contributed by atoms with Crippen LogP contribution in [0.3, 0.4) is 0 Å². The van der Waals surface area contributed by atoms with Gasteiger partial charge < -0.3 is 15.3 Å². The lowest BCUT2D eigenvalue weighted by Crippen LogP contribution is -2.52. The van der Waals surface area contributed by atoms with Gasteiger partial charge in [0, 0.05) is 24.1 Å². The average molecular weight is 364 g/mol. The zero-order valence-corrected chi connectivity index (χ0v) is 15.5. The summed E-state index contributed by atoms with van der Waals surface area (Å²) in [5.74, 6) is -0.899. The molecule has 0 saturated carbocycles. The molecular formula is C18H24N2O4S. The van der Waals surface area contributed by atoms with Gasteiger partial charge in [0.15, 0.2) is 0 Å². The molecule has 3 atom stereocenters. The summed E-state index contributed by atoms with van der Waals surface area (Å²) in [7, 11) is 0. The second-order valence-electron chi connectivity index (χ2n) is 6.48. The van der Waals surface area contributed by atoms with Crippen molar-refractivity contribution in [2.45, 2.75) is 49.8 Å². The van der Waals surface area contributed by atoms with Gasteiger partial charge in [0.2, 0.25) is 11.8 Å². The molecule has 136 valence electrons. The van der Waals surface area contributed by atoms with Gasteiger partial charge in [-0.05, 0) is 49.9 Å². The molecule has 2 N–H and O–H groups in total. The van der Waals surface area contributed by atoms with Crippen LogP contribution in [0.1, 0.15) is 33.6 Å². The molecule has 25 heavy (non-hydrogen) atoms. The maximum atomic E-state index is 12.7. The molecule has 1 aliphatic rings. The van der Waals surface area contributed by atoms with Crippen LogP contribution in [0.15, 0.2) is 29.2 Å². The minimum absolute atomic E-state index is 0.136. The zero-order chi connectivity index (χ0) is 18.6. The Bertz CT molecular complexity index is 647. The number of hydrogen-bond acceptors (Lipinski definition) is 4. The molecule has 0 aromatic heterocycles. The second kappa shape index (κ2) is 8.38. The molecule has 1 fully saturated rings. The molecule has 3 unspecified atom stereocenters. The van der Waals surface area contributed by atoms with Gasteiger partial charge in [-0.15, -0.1) is 11.8 Å². The van der Waals surface area contributed by atoms with Gasteiger partial charge in [0.1, 0.15) is 6.04 Å². The highest BCUT2D eigenvalue weighted by atomic mass is 32.2. The van der Waals surface area contributed by atoms with Crippen LogP contribution in [0.5, 0.6) is 0 Å². The third-order valence-corrected chi connectivity index (χ3v) is 5.37. The molecule has 6 nitrogen and oxygen atoms in total. The van der Waals surface area contributed by atoms with Crippen molar-refractivity contribution in [2.24, 2.45) is 5.92 Å². The van der Waals surface area contributed by atoms with Crippen molar-refractivity contribution < 1.29 is 19.5 Å². The van der Waals surface area contributed by atoms with Gasteiger partial charge in [-0.1, -0.05) is 6.92 Å². The summed E-state index contributed by atoms with van der Waals surface area (Å²) in [5.41, 5.74) is 0.701. The molecule has 1 aromatic carbocycles. The lowest BCUT2D eigenvalue weighted by atomic mass is 9.92. The van der Waals surface area contributed by atoms with Crippen LogP contribution < -0.4 is 5.32 Å². The maximum absolute atomic E-state index is 12.7. The van der Waals surface area contributed by atoms with Crippen LogP contribution in [0, 0.1) is 5.92 Å². The minimum atomic E-state index is -0.934. The van der Waals surface area contributed by atoms with Crippen LogP contribution in [0.2, 0.25) is 0 Å². The summed E-state index contributed by atoms with van der Waals surface area (Å²) < 4.78 is 0. The highest BCUT2D eigenvalue weighted by Crippen LogP contribution is 2.29. The Kier molecular flexibility index (Phi) is 6.47. The van der Waals surface area contributed by atoms with E-state index in [9.17, 15) is 19.5 Å². The Hall–Kier alpha value is -2.02. The molecule has 1 saturated heterocycles. The lowest BCUT2D eigenvalue weighted by molar-refractivity contribution is -0.152. The Balaban J connectivity index is 2.01. The summed E-state index contributed by atoms with van der Waals surface area (Å²) in [6, 6.07) is 6.51. The highest BCUT2D eigenvalue weighted by Gasteiger charge is 2.36. The van der Waals surface area contributed by atoms with Crippen LogP contribution in [0.4, 0.5) is 5.69 Å². The topological polar surface area (TPSA) is 86.7 Å². The Morgan fingerprint density at radius 1 is 1.28 bits per heavy atom. The van der Waals surface area contributed by atoms with Crippen LogP contribution in [-0.2, 0) is 14.4 Å². The van der Waals surface area contributed by atoms with E-state index in [-0.39, 0.29) is 17.1 Å². The van der Waals surface area contributed by atoms with E-state index in [2.05, 4.69) is 5.32 Å². The molecular weight excluding hydrogens is 340 g/mol. The quantitative estimate of drug-likeness (QED) is 0.785. The van der Waals surface area contributed by atoms with Gasteiger partial charge in [-0.3, -0.25) is 9.59 Å². The fraction of sp³-hybridized carbons (Fsp3) is 0.500. The molecule has 0 bridgehead atoms. The molecule has 1 heterocycles. The number of thioether (sulfide) groups is 1. The van der Waals surface area contributed by atoms with Gasteiger partial charge >= 0.3 is 5.97 Å². The molecule has 1 aliphatic heterocycles. The van der Waals surface area contributed by atoms with Crippen LogP contribution >= 0.6 is 11.8 Å². The Morgan fingerprint density at radius 3 is 2.48 bits per heavy atom. The number of aliphatic carboxylic acids is 1. The number of piperidine rings is 1. The van der Waals surface area contributed by atoms with E-state index in [0.717, 1.165) is 11.3 Å². The summed E-state index contributed by atoms with van der Waals surface area (Å²) in [5, 5.41) is 11.7. The summed E-state index contributed by atoms with van der Waals surface area (Å²) in [6.07, 6.45) is 1.34. The van der Waals surface area contributed by atoms with Gasteiger partial charge in [-0.25, -0.2) is 4.79 Å². The maximum Gasteiger partial charge on any atom is 0.326 e. The third-order valence-electron chi connectivity index (χ3n) is 4.27. The van der Waals surface area contributed by atoms with E-state index in [0.29, 0.717) is 24.6 Å². The van der Waals surface area contributed by atoms with Crippen molar-refractivity contribution in [1.29, 1.82) is 0 Å². The number of amides is 2. The van der Waals surface area contributed by atoms with E-state index in [1.54, 1.807) is 19.1 Å². The third kappa shape index (κ3) is 5.22. The van der Waals surface area contributed by atoms with Gasteiger partial charge in [0.25, 0.3) is 0 Å². The van der Waals surface area contributed by atoms with Gasteiger partial charge in [-0.2, -0.15) is 0 Å². The van der Waals surface area contributed by atoms with Crippen molar-refractivity contribution in [1.82, 2.24) is 4.90 Å². The summed E-state index contributed by atoms with van der Waals surface area (Å²) >= 11 is 1.39.